The summed E-state index contributed by atoms with van der Waals surface area (Å²) in [5.41, 5.74) is 5.58. The van der Waals surface area contributed by atoms with E-state index in [0.29, 0.717) is 0 Å². The molecule has 1 fully saturated rings. The van der Waals surface area contributed by atoms with E-state index >= 15 is 0 Å². The molecule has 0 spiro atoms. The molecule has 0 amide bonds. The molecular weight excluding hydrogens is 400 g/mol. The Morgan fingerprint density at radius 1 is 1.14 bits per heavy atom. The van der Waals surface area contributed by atoms with Crippen molar-refractivity contribution in [3.63, 3.8) is 0 Å². The molecule has 2 unspecified atom stereocenters. The van der Waals surface area contributed by atoms with E-state index in [9.17, 15) is 0 Å². The number of rotatable bonds is 5. The number of hydrogen-bond donors (Lipinski definition) is 1. The highest BCUT2D eigenvalue weighted by atomic mass is 35.5. The summed E-state index contributed by atoms with van der Waals surface area (Å²) in [4.78, 5) is 6.92. The average Bonchev–Trinajstić information content (AvgIpc) is 3.19. The Bertz CT molecular complexity index is 1030. The Labute approximate surface area is 182 Å². The van der Waals surface area contributed by atoms with E-state index in [4.69, 9.17) is 23.8 Å². The molecule has 1 saturated heterocycles. The van der Waals surface area contributed by atoms with Gasteiger partial charge in [-0.3, -0.25) is 4.98 Å². The van der Waals surface area contributed by atoms with Crippen molar-refractivity contribution in [1.82, 2.24) is 19.8 Å². The second-order valence-corrected chi connectivity index (χ2v) is 8.23. The van der Waals surface area contributed by atoms with E-state index < -0.39 is 0 Å². The Hall–Kier alpha value is -2.37. The number of hydrogen-bond acceptors (Lipinski definition) is 2. The molecule has 0 aliphatic carbocycles. The molecular formula is C23H25ClN4S. The molecule has 0 radical (unpaired) electrons. The number of nitrogens with zero attached hydrogens (tertiary/aromatic N) is 3. The van der Waals surface area contributed by atoms with Gasteiger partial charge in [-0.1, -0.05) is 36.7 Å². The van der Waals surface area contributed by atoms with Crippen LogP contribution in [0.4, 0.5) is 0 Å². The van der Waals surface area contributed by atoms with E-state index in [-0.39, 0.29) is 12.1 Å². The number of halogens is 1. The molecule has 2 aromatic heterocycles. The molecule has 6 heteroatoms. The third kappa shape index (κ3) is 3.53. The van der Waals surface area contributed by atoms with Crippen LogP contribution < -0.4 is 5.32 Å². The molecule has 1 aliphatic rings. The van der Waals surface area contributed by atoms with Crippen LogP contribution in [0.15, 0.2) is 54.7 Å². The predicted octanol–water partition coefficient (Wildman–Crippen LogP) is 5.53. The normalized spacial score (nSPS) is 18.9. The highest BCUT2D eigenvalue weighted by molar-refractivity contribution is 7.80. The van der Waals surface area contributed by atoms with Crippen LogP contribution in [-0.2, 0) is 0 Å². The molecule has 0 saturated carbocycles. The van der Waals surface area contributed by atoms with Gasteiger partial charge < -0.3 is 14.8 Å². The lowest BCUT2D eigenvalue weighted by Gasteiger charge is -2.27. The summed E-state index contributed by atoms with van der Waals surface area (Å²) in [5, 5.41) is 5.05. The van der Waals surface area contributed by atoms with Crippen LogP contribution in [0.3, 0.4) is 0 Å². The molecule has 4 rings (SSSR count). The smallest absolute Gasteiger partial charge is 0.170 e. The zero-order valence-electron chi connectivity index (χ0n) is 16.9. The number of aryl methyl sites for hydroxylation is 1. The standard InChI is InChI=1S/C23H25ClN4S/c1-4-13-27-22(21(26-23(27)29)19-10-7-8-12-25-19)17-14-15(2)28(16(17)3)20-11-6-5-9-18(20)24/h5-12,14,21-22H,4,13H2,1-3H3,(H,26,29). The number of aromatic nitrogens is 2. The number of benzene rings is 1. The Balaban J connectivity index is 1.85. The van der Waals surface area contributed by atoms with Crippen LogP contribution in [0, 0.1) is 13.8 Å². The summed E-state index contributed by atoms with van der Waals surface area (Å²) in [6.45, 7) is 7.36. The van der Waals surface area contributed by atoms with Gasteiger partial charge in [-0.25, -0.2) is 0 Å². The van der Waals surface area contributed by atoms with Crippen molar-refractivity contribution in [2.45, 2.75) is 39.3 Å². The van der Waals surface area contributed by atoms with E-state index in [1.807, 2.05) is 36.5 Å². The lowest BCUT2D eigenvalue weighted by Crippen LogP contribution is -2.30. The van der Waals surface area contributed by atoms with Crippen LogP contribution in [-0.4, -0.2) is 26.1 Å². The third-order valence-electron chi connectivity index (χ3n) is 5.54. The summed E-state index contributed by atoms with van der Waals surface area (Å²) < 4.78 is 2.23. The first kappa shape index (κ1) is 19.9. The molecule has 2 atom stereocenters. The van der Waals surface area contributed by atoms with Gasteiger partial charge in [-0.15, -0.1) is 0 Å². The number of thiocarbonyl (C=S) groups is 1. The molecule has 1 aliphatic heterocycles. The minimum atomic E-state index is 0.00967. The maximum Gasteiger partial charge on any atom is 0.170 e. The van der Waals surface area contributed by atoms with Crippen molar-refractivity contribution in [3.05, 3.63) is 82.4 Å². The average molecular weight is 425 g/mol. The molecule has 3 heterocycles. The van der Waals surface area contributed by atoms with Gasteiger partial charge in [0.15, 0.2) is 5.11 Å². The van der Waals surface area contributed by atoms with Gasteiger partial charge in [0.1, 0.15) is 0 Å². The van der Waals surface area contributed by atoms with Crippen molar-refractivity contribution in [3.8, 4) is 5.69 Å². The fourth-order valence-electron chi connectivity index (χ4n) is 4.32. The van der Waals surface area contributed by atoms with Crippen LogP contribution in [0.2, 0.25) is 5.02 Å². The van der Waals surface area contributed by atoms with Gasteiger partial charge in [0.2, 0.25) is 0 Å². The van der Waals surface area contributed by atoms with Crippen molar-refractivity contribution in [2.24, 2.45) is 0 Å². The van der Waals surface area contributed by atoms with Crippen LogP contribution in [0.25, 0.3) is 5.69 Å². The number of para-hydroxylation sites is 1. The minimum Gasteiger partial charge on any atom is -0.352 e. The van der Waals surface area contributed by atoms with E-state index in [1.165, 1.54) is 11.3 Å². The van der Waals surface area contributed by atoms with Gasteiger partial charge in [0, 0.05) is 24.1 Å². The van der Waals surface area contributed by atoms with Crippen molar-refractivity contribution in [1.29, 1.82) is 0 Å². The second kappa shape index (κ2) is 8.17. The Morgan fingerprint density at radius 2 is 1.90 bits per heavy atom. The first-order valence-corrected chi connectivity index (χ1v) is 10.7. The summed E-state index contributed by atoms with van der Waals surface area (Å²) >= 11 is 12.2. The topological polar surface area (TPSA) is 33.1 Å². The Kier molecular flexibility index (Phi) is 5.61. The zero-order chi connectivity index (χ0) is 20.5. The summed E-state index contributed by atoms with van der Waals surface area (Å²) in [5.74, 6) is 0. The predicted molar refractivity (Wildman–Crippen MR) is 123 cm³/mol. The highest BCUT2D eigenvalue weighted by Gasteiger charge is 2.40. The quantitative estimate of drug-likeness (QED) is 0.546. The molecule has 29 heavy (non-hydrogen) atoms. The highest BCUT2D eigenvalue weighted by Crippen LogP contribution is 2.41. The number of nitrogens with one attached hydrogen (secondary N) is 1. The molecule has 1 aromatic carbocycles. The Morgan fingerprint density at radius 3 is 2.59 bits per heavy atom. The van der Waals surface area contributed by atoms with E-state index in [0.717, 1.165) is 40.2 Å². The monoisotopic (exact) mass is 424 g/mol. The minimum absolute atomic E-state index is 0.00967. The number of pyridine rings is 1. The maximum atomic E-state index is 6.52. The third-order valence-corrected chi connectivity index (χ3v) is 6.22. The summed E-state index contributed by atoms with van der Waals surface area (Å²) in [6, 6.07) is 16.4. The summed E-state index contributed by atoms with van der Waals surface area (Å²) in [7, 11) is 0. The van der Waals surface area contributed by atoms with Gasteiger partial charge in [-0.05, 0) is 68.4 Å². The molecule has 1 N–H and O–H groups in total. The summed E-state index contributed by atoms with van der Waals surface area (Å²) in [6.07, 6.45) is 2.86. The van der Waals surface area contributed by atoms with Gasteiger partial charge in [-0.2, -0.15) is 0 Å². The molecule has 4 nitrogen and oxygen atoms in total. The maximum absolute atomic E-state index is 6.52. The first-order chi connectivity index (χ1) is 14.0. The fraction of sp³-hybridized carbons (Fsp3) is 0.304. The van der Waals surface area contributed by atoms with Gasteiger partial charge in [0.25, 0.3) is 0 Å². The lowest BCUT2D eigenvalue weighted by atomic mass is 9.96. The van der Waals surface area contributed by atoms with Crippen molar-refractivity contribution < 1.29 is 0 Å². The van der Waals surface area contributed by atoms with Crippen LogP contribution in [0.5, 0.6) is 0 Å². The zero-order valence-corrected chi connectivity index (χ0v) is 18.5. The van der Waals surface area contributed by atoms with Crippen molar-refractivity contribution >= 4 is 28.9 Å². The molecule has 0 bridgehead atoms. The van der Waals surface area contributed by atoms with E-state index in [1.54, 1.807) is 0 Å². The lowest BCUT2D eigenvalue weighted by molar-refractivity contribution is 0.316. The van der Waals surface area contributed by atoms with Gasteiger partial charge in [0.05, 0.1) is 28.5 Å². The van der Waals surface area contributed by atoms with Crippen LogP contribution in [0.1, 0.15) is 48.1 Å². The largest absolute Gasteiger partial charge is 0.352 e. The molecule has 3 aromatic rings. The SMILES string of the molecule is CCCN1C(=S)NC(c2ccccn2)C1c1cc(C)n(-c2ccccc2Cl)c1C. The van der Waals surface area contributed by atoms with Gasteiger partial charge >= 0.3 is 0 Å². The second-order valence-electron chi connectivity index (χ2n) is 7.43. The first-order valence-electron chi connectivity index (χ1n) is 9.94. The molecule has 150 valence electrons. The fourth-order valence-corrected chi connectivity index (χ4v) is 4.87. The van der Waals surface area contributed by atoms with Crippen molar-refractivity contribution in [2.75, 3.05) is 6.54 Å². The van der Waals surface area contributed by atoms with E-state index in [2.05, 4.69) is 58.7 Å². The van der Waals surface area contributed by atoms with Crippen LogP contribution >= 0.6 is 23.8 Å².